The lowest BCUT2D eigenvalue weighted by atomic mass is 10.00. The fourth-order valence-corrected chi connectivity index (χ4v) is 1.32. The van der Waals surface area contributed by atoms with Gasteiger partial charge in [-0.3, -0.25) is 0 Å². The van der Waals surface area contributed by atoms with Crippen LogP contribution in [0.3, 0.4) is 0 Å². The predicted octanol–water partition coefficient (Wildman–Crippen LogP) is 3.11. The van der Waals surface area contributed by atoms with Crippen molar-refractivity contribution in [2.24, 2.45) is 11.7 Å². The summed E-state index contributed by atoms with van der Waals surface area (Å²) in [6, 6.07) is 0. The van der Waals surface area contributed by atoms with Crippen LogP contribution in [0.5, 0.6) is 0 Å². The Morgan fingerprint density at radius 1 is 1.42 bits per heavy atom. The van der Waals surface area contributed by atoms with Gasteiger partial charge in [0.15, 0.2) is 0 Å². The standard InChI is InChI=1S/C11H23N/c1-4-11(9-10(2)3)7-5-6-8-12/h7,10H,4-6,8-9,12H2,1-3H3/b11-7-. The molecule has 2 N–H and O–H groups in total. The minimum atomic E-state index is 0.786. The Hall–Kier alpha value is -0.300. The van der Waals surface area contributed by atoms with Crippen molar-refractivity contribution < 1.29 is 0 Å². The van der Waals surface area contributed by atoms with Gasteiger partial charge in [-0.25, -0.2) is 0 Å². The fraction of sp³-hybridized carbons (Fsp3) is 0.818. The molecule has 0 aromatic heterocycles. The van der Waals surface area contributed by atoms with Crippen molar-refractivity contribution in [2.45, 2.75) is 46.5 Å². The zero-order valence-electron chi connectivity index (χ0n) is 8.77. The molecule has 1 heteroatoms. The van der Waals surface area contributed by atoms with E-state index in [0.717, 1.165) is 25.3 Å². The zero-order chi connectivity index (χ0) is 9.40. The molecular formula is C11H23N. The lowest BCUT2D eigenvalue weighted by Crippen LogP contribution is -1.97. The molecule has 12 heavy (non-hydrogen) atoms. The van der Waals surface area contributed by atoms with Gasteiger partial charge in [-0.05, 0) is 38.1 Å². The Kier molecular flexibility index (Phi) is 7.17. The van der Waals surface area contributed by atoms with Crippen molar-refractivity contribution >= 4 is 0 Å². The number of hydrogen-bond acceptors (Lipinski definition) is 1. The van der Waals surface area contributed by atoms with Gasteiger partial charge in [-0.15, -0.1) is 0 Å². The second kappa shape index (κ2) is 7.35. The van der Waals surface area contributed by atoms with Gasteiger partial charge in [0, 0.05) is 0 Å². The van der Waals surface area contributed by atoms with E-state index in [1.165, 1.54) is 12.8 Å². The molecule has 0 rings (SSSR count). The van der Waals surface area contributed by atoms with Crippen LogP contribution in [-0.2, 0) is 0 Å². The molecule has 0 aromatic rings. The Morgan fingerprint density at radius 3 is 2.50 bits per heavy atom. The van der Waals surface area contributed by atoms with Crippen molar-refractivity contribution in [3.8, 4) is 0 Å². The van der Waals surface area contributed by atoms with E-state index in [2.05, 4.69) is 26.8 Å². The van der Waals surface area contributed by atoms with E-state index in [-0.39, 0.29) is 0 Å². The normalized spacial score (nSPS) is 12.6. The van der Waals surface area contributed by atoms with Crippen molar-refractivity contribution in [1.82, 2.24) is 0 Å². The summed E-state index contributed by atoms with van der Waals surface area (Å²) in [5, 5.41) is 0. The highest BCUT2D eigenvalue weighted by Crippen LogP contribution is 2.14. The maximum Gasteiger partial charge on any atom is -0.00743 e. The maximum absolute atomic E-state index is 5.43. The minimum absolute atomic E-state index is 0.786. The maximum atomic E-state index is 5.43. The molecule has 0 spiro atoms. The zero-order valence-corrected chi connectivity index (χ0v) is 8.77. The molecule has 0 saturated heterocycles. The van der Waals surface area contributed by atoms with E-state index < -0.39 is 0 Å². The summed E-state index contributed by atoms with van der Waals surface area (Å²) in [6.45, 7) is 7.59. The average Bonchev–Trinajstić information content (AvgIpc) is 2.02. The van der Waals surface area contributed by atoms with Crippen LogP contribution in [0, 0.1) is 5.92 Å². The lowest BCUT2D eigenvalue weighted by Gasteiger charge is -2.07. The van der Waals surface area contributed by atoms with Crippen LogP contribution < -0.4 is 5.73 Å². The van der Waals surface area contributed by atoms with E-state index in [4.69, 9.17) is 5.73 Å². The summed E-state index contributed by atoms with van der Waals surface area (Å²) in [5.41, 5.74) is 7.02. The molecule has 0 fully saturated rings. The van der Waals surface area contributed by atoms with Crippen molar-refractivity contribution in [3.05, 3.63) is 11.6 Å². The summed E-state index contributed by atoms with van der Waals surface area (Å²) in [4.78, 5) is 0. The van der Waals surface area contributed by atoms with E-state index >= 15 is 0 Å². The molecule has 1 nitrogen and oxygen atoms in total. The molecule has 0 radical (unpaired) electrons. The van der Waals surface area contributed by atoms with Crippen LogP contribution >= 0.6 is 0 Å². The molecule has 0 heterocycles. The topological polar surface area (TPSA) is 26.0 Å². The molecule has 0 bridgehead atoms. The third kappa shape index (κ3) is 6.41. The third-order valence-electron chi connectivity index (χ3n) is 1.97. The number of unbranched alkanes of at least 4 members (excludes halogenated alkanes) is 1. The first-order chi connectivity index (χ1) is 5.70. The van der Waals surface area contributed by atoms with E-state index in [0.29, 0.717) is 0 Å². The Morgan fingerprint density at radius 2 is 2.08 bits per heavy atom. The molecule has 0 atom stereocenters. The SMILES string of the molecule is CC/C(=C/CCCN)CC(C)C. The molecule has 0 aliphatic heterocycles. The molecule has 0 saturated carbocycles. The number of rotatable bonds is 6. The first kappa shape index (κ1) is 11.7. The number of allylic oxidation sites excluding steroid dienone is 2. The quantitative estimate of drug-likeness (QED) is 0.480. The first-order valence-corrected chi connectivity index (χ1v) is 5.08. The fourth-order valence-electron chi connectivity index (χ4n) is 1.32. The van der Waals surface area contributed by atoms with Gasteiger partial charge in [0.2, 0.25) is 0 Å². The van der Waals surface area contributed by atoms with Gasteiger partial charge in [0.05, 0.1) is 0 Å². The largest absolute Gasteiger partial charge is 0.330 e. The molecule has 0 amide bonds. The molecule has 72 valence electrons. The van der Waals surface area contributed by atoms with Crippen molar-refractivity contribution in [3.63, 3.8) is 0 Å². The van der Waals surface area contributed by atoms with Crippen LogP contribution in [0.25, 0.3) is 0 Å². The predicted molar refractivity (Wildman–Crippen MR) is 56.1 cm³/mol. The highest BCUT2D eigenvalue weighted by Gasteiger charge is 1.97. The summed E-state index contributed by atoms with van der Waals surface area (Å²) in [5.74, 6) is 0.786. The molecule has 0 aliphatic rings. The van der Waals surface area contributed by atoms with Gasteiger partial charge >= 0.3 is 0 Å². The average molecular weight is 169 g/mol. The Balaban J connectivity index is 3.70. The summed E-state index contributed by atoms with van der Waals surface area (Å²) < 4.78 is 0. The van der Waals surface area contributed by atoms with Crippen LogP contribution in [0.1, 0.15) is 46.5 Å². The summed E-state index contributed by atoms with van der Waals surface area (Å²) >= 11 is 0. The summed E-state index contributed by atoms with van der Waals surface area (Å²) in [6.07, 6.45) is 7.10. The van der Waals surface area contributed by atoms with E-state index in [1.54, 1.807) is 5.57 Å². The van der Waals surface area contributed by atoms with Gasteiger partial charge in [0.25, 0.3) is 0 Å². The minimum Gasteiger partial charge on any atom is -0.330 e. The highest BCUT2D eigenvalue weighted by molar-refractivity contribution is 5.01. The third-order valence-corrected chi connectivity index (χ3v) is 1.97. The van der Waals surface area contributed by atoms with Gasteiger partial charge < -0.3 is 5.73 Å². The molecule has 0 unspecified atom stereocenters. The van der Waals surface area contributed by atoms with Gasteiger partial charge in [-0.2, -0.15) is 0 Å². The number of nitrogens with two attached hydrogens (primary N) is 1. The highest BCUT2D eigenvalue weighted by atomic mass is 14.5. The van der Waals surface area contributed by atoms with E-state index in [9.17, 15) is 0 Å². The molecule has 0 aromatic carbocycles. The second-order valence-electron chi connectivity index (χ2n) is 3.74. The number of hydrogen-bond donors (Lipinski definition) is 1. The van der Waals surface area contributed by atoms with Gasteiger partial charge in [-0.1, -0.05) is 32.4 Å². The van der Waals surface area contributed by atoms with Crippen molar-refractivity contribution in [1.29, 1.82) is 0 Å². The molecular weight excluding hydrogens is 146 g/mol. The van der Waals surface area contributed by atoms with Crippen molar-refractivity contribution in [2.75, 3.05) is 6.54 Å². The van der Waals surface area contributed by atoms with E-state index in [1.807, 2.05) is 0 Å². The first-order valence-electron chi connectivity index (χ1n) is 5.08. The van der Waals surface area contributed by atoms with Gasteiger partial charge in [0.1, 0.15) is 0 Å². The monoisotopic (exact) mass is 169 g/mol. The smallest absolute Gasteiger partial charge is 0.00743 e. The Labute approximate surface area is 77.0 Å². The van der Waals surface area contributed by atoms with Crippen LogP contribution in [0.2, 0.25) is 0 Å². The second-order valence-corrected chi connectivity index (χ2v) is 3.74. The van der Waals surface area contributed by atoms with Crippen LogP contribution in [0.4, 0.5) is 0 Å². The summed E-state index contributed by atoms with van der Waals surface area (Å²) in [7, 11) is 0. The van der Waals surface area contributed by atoms with Crippen LogP contribution in [-0.4, -0.2) is 6.54 Å². The lowest BCUT2D eigenvalue weighted by molar-refractivity contribution is 0.627. The molecule has 0 aliphatic carbocycles. The van der Waals surface area contributed by atoms with Crippen LogP contribution in [0.15, 0.2) is 11.6 Å². The Bertz CT molecular complexity index is 125.